The van der Waals surface area contributed by atoms with Gasteiger partial charge in [0.05, 0.1) is 11.7 Å². The van der Waals surface area contributed by atoms with E-state index in [-0.39, 0.29) is 6.04 Å². The van der Waals surface area contributed by atoms with Crippen molar-refractivity contribution in [1.29, 1.82) is 0 Å². The Hall–Kier alpha value is -1.26. The lowest BCUT2D eigenvalue weighted by Gasteiger charge is -2.13. The number of hydrogen-bond acceptors (Lipinski definition) is 4. The van der Waals surface area contributed by atoms with Crippen molar-refractivity contribution in [2.75, 3.05) is 7.05 Å². The highest BCUT2D eigenvalue weighted by Gasteiger charge is 2.15. The van der Waals surface area contributed by atoms with Crippen molar-refractivity contribution in [1.82, 2.24) is 15.3 Å². The third-order valence-electron chi connectivity index (χ3n) is 2.43. The summed E-state index contributed by atoms with van der Waals surface area (Å²) in [6.45, 7) is 4.03. The summed E-state index contributed by atoms with van der Waals surface area (Å²) in [4.78, 5) is 11.2. The van der Waals surface area contributed by atoms with E-state index in [1.54, 1.807) is 11.3 Å². The second-order valence-electron chi connectivity index (χ2n) is 3.70. The standard InChI is InChI=1S/C12H15N3S/c1-8-4-5-11(16-8)12(13-3)10-6-7-14-9(2)15-10/h4-7,12-13H,1-3H3. The fraction of sp³-hybridized carbons (Fsp3) is 0.333. The van der Waals surface area contributed by atoms with Crippen LogP contribution in [0.1, 0.15) is 27.3 Å². The lowest BCUT2D eigenvalue weighted by atomic mass is 10.1. The summed E-state index contributed by atoms with van der Waals surface area (Å²) in [5, 5.41) is 3.30. The molecule has 0 saturated carbocycles. The zero-order valence-electron chi connectivity index (χ0n) is 9.69. The van der Waals surface area contributed by atoms with Gasteiger partial charge >= 0.3 is 0 Å². The summed E-state index contributed by atoms with van der Waals surface area (Å²) in [6.07, 6.45) is 1.81. The van der Waals surface area contributed by atoms with Gasteiger partial charge in [-0.1, -0.05) is 0 Å². The number of nitrogens with zero attached hydrogens (tertiary/aromatic N) is 2. The van der Waals surface area contributed by atoms with Gasteiger partial charge in [0, 0.05) is 16.0 Å². The highest BCUT2D eigenvalue weighted by atomic mass is 32.1. The van der Waals surface area contributed by atoms with E-state index in [1.807, 2.05) is 26.2 Å². The first-order valence-corrected chi connectivity index (χ1v) is 6.05. The molecule has 4 heteroatoms. The topological polar surface area (TPSA) is 37.8 Å². The average molecular weight is 233 g/mol. The predicted octanol–water partition coefficient (Wildman–Crippen LogP) is 2.46. The zero-order chi connectivity index (χ0) is 11.5. The molecule has 16 heavy (non-hydrogen) atoms. The maximum atomic E-state index is 4.46. The van der Waals surface area contributed by atoms with Gasteiger partial charge < -0.3 is 5.32 Å². The molecule has 0 spiro atoms. The van der Waals surface area contributed by atoms with Crippen molar-refractivity contribution in [2.45, 2.75) is 19.9 Å². The van der Waals surface area contributed by atoms with E-state index < -0.39 is 0 Å². The van der Waals surface area contributed by atoms with Crippen LogP contribution in [-0.2, 0) is 0 Å². The molecule has 1 unspecified atom stereocenters. The summed E-state index contributed by atoms with van der Waals surface area (Å²) in [7, 11) is 1.96. The first kappa shape index (κ1) is 11.2. The third-order valence-corrected chi connectivity index (χ3v) is 3.49. The third kappa shape index (κ3) is 2.28. The Balaban J connectivity index is 2.36. The van der Waals surface area contributed by atoms with Crippen LogP contribution in [0.3, 0.4) is 0 Å². The second kappa shape index (κ2) is 4.72. The molecule has 0 aliphatic heterocycles. The zero-order valence-corrected chi connectivity index (χ0v) is 10.5. The molecule has 2 aromatic heterocycles. The lowest BCUT2D eigenvalue weighted by molar-refractivity contribution is 0.675. The normalized spacial score (nSPS) is 12.7. The summed E-state index contributed by atoms with van der Waals surface area (Å²) >= 11 is 1.80. The number of thiophene rings is 1. The Kier molecular flexibility index (Phi) is 3.31. The SMILES string of the molecule is CNC(c1ccnc(C)n1)c1ccc(C)s1. The van der Waals surface area contributed by atoms with E-state index >= 15 is 0 Å². The molecule has 0 amide bonds. The molecule has 2 rings (SSSR count). The molecule has 1 atom stereocenters. The minimum atomic E-state index is 0.167. The smallest absolute Gasteiger partial charge is 0.125 e. The van der Waals surface area contributed by atoms with Crippen LogP contribution in [0.15, 0.2) is 24.4 Å². The van der Waals surface area contributed by atoms with Crippen LogP contribution >= 0.6 is 11.3 Å². The fourth-order valence-corrected chi connectivity index (χ4v) is 2.68. The largest absolute Gasteiger partial charge is 0.307 e. The molecule has 0 saturated heterocycles. The number of aryl methyl sites for hydroxylation is 2. The number of rotatable bonds is 3. The van der Waals surface area contributed by atoms with Crippen molar-refractivity contribution in [3.63, 3.8) is 0 Å². The highest BCUT2D eigenvalue weighted by molar-refractivity contribution is 7.12. The minimum Gasteiger partial charge on any atom is -0.307 e. The Morgan fingerprint density at radius 3 is 2.62 bits per heavy atom. The van der Waals surface area contributed by atoms with Crippen LogP contribution in [0.4, 0.5) is 0 Å². The molecule has 0 aliphatic carbocycles. The molecular weight excluding hydrogens is 218 g/mol. The molecule has 3 nitrogen and oxygen atoms in total. The molecule has 2 heterocycles. The molecule has 0 aromatic carbocycles. The summed E-state index contributed by atoms with van der Waals surface area (Å²) in [5.41, 5.74) is 1.02. The van der Waals surface area contributed by atoms with Gasteiger partial charge in [-0.15, -0.1) is 11.3 Å². The van der Waals surface area contributed by atoms with Crippen molar-refractivity contribution in [2.24, 2.45) is 0 Å². The van der Waals surface area contributed by atoms with E-state index in [1.165, 1.54) is 9.75 Å². The van der Waals surface area contributed by atoms with Crippen molar-refractivity contribution in [3.8, 4) is 0 Å². The molecule has 0 bridgehead atoms. The van der Waals surface area contributed by atoms with Gasteiger partial charge in [0.15, 0.2) is 0 Å². The number of hydrogen-bond donors (Lipinski definition) is 1. The quantitative estimate of drug-likeness (QED) is 0.885. The van der Waals surface area contributed by atoms with E-state index in [2.05, 4.69) is 34.3 Å². The number of nitrogens with one attached hydrogen (secondary N) is 1. The van der Waals surface area contributed by atoms with Gasteiger partial charge in [-0.05, 0) is 39.1 Å². The summed E-state index contributed by atoms with van der Waals surface area (Å²) in [6, 6.07) is 6.42. The molecule has 0 aliphatic rings. The van der Waals surface area contributed by atoms with Gasteiger partial charge in [0.1, 0.15) is 5.82 Å². The predicted molar refractivity (Wildman–Crippen MR) is 66.7 cm³/mol. The van der Waals surface area contributed by atoms with Gasteiger partial charge in [0.25, 0.3) is 0 Å². The van der Waals surface area contributed by atoms with Crippen LogP contribution in [0.5, 0.6) is 0 Å². The van der Waals surface area contributed by atoms with E-state index in [0.717, 1.165) is 11.5 Å². The average Bonchev–Trinajstić information content (AvgIpc) is 2.66. The maximum absolute atomic E-state index is 4.46. The molecule has 0 radical (unpaired) electrons. The minimum absolute atomic E-state index is 0.167. The first-order chi connectivity index (χ1) is 7.70. The molecule has 1 N–H and O–H groups in total. The lowest BCUT2D eigenvalue weighted by Crippen LogP contribution is -2.18. The monoisotopic (exact) mass is 233 g/mol. The molecular formula is C12H15N3S. The van der Waals surface area contributed by atoms with Crippen LogP contribution < -0.4 is 5.32 Å². The number of aromatic nitrogens is 2. The Bertz CT molecular complexity index is 479. The van der Waals surface area contributed by atoms with Gasteiger partial charge in [-0.2, -0.15) is 0 Å². The van der Waals surface area contributed by atoms with Gasteiger partial charge in [-0.3, -0.25) is 0 Å². The van der Waals surface area contributed by atoms with Crippen molar-refractivity contribution in [3.05, 3.63) is 45.7 Å². The van der Waals surface area contributed by atoms with Crippen LogP contribution in [0, 0.1) is 13.8 Å². The highest BCUT2D eigenvalue weighted by Crippen LogP contribution is 2.26. The van der Waals surface area contributed by atoms with Crippen LogP contribution in [-0.4, -0.2) is 17.0 Å². The van der Waals surface area contributed by atoms with Crippen molar-refractivity contribution < 1.29 is 0 Å². The van der Waals surface area contributed by atoms with E-state index in [0.29, 0.717) is 0 Å². The van der Waals surface area contributed by atoms with Gasteiger partial charge in [0.2, 0.25) is 0 Å². The molecule has 0 fully saturated rings. The van der Waals surface area contributed by atoms with E-state index in [4.69, 9.17) is 0 Å². The Labute approximate surface area is 99.6 Å². The maximum Gasteiger partial charge on any atom is 0.125 e. The summed E-state index contributed by atoms with van der Waals surface area (Å²) < 4.78 is 0. The summed E-state index contributed by atoms with van der Waals surface area (Å²) in [5.74, 6) is 0.811. The van der Waals surface area contributed by atoms with E-state index in [9.17, 15) is 0 Å². The molecule has 84 valence electrons. The fourth-order valence-electron chi connectivity index (χ4n) is 1.68. The molecule has 2 aromatic rings. The second-order valence-corrected chi connectivity index (χ2v) is 5.02. The van der Waals surface area contributed by atoms with Gasteiger partial charge in [-0.25, -0.2) is 9.97 Å². The first-order valence-electron chi connectivity index (χ1n) is 5.24. The van der Waals surface area contributed by atoms with Crippen LogP contribution in [0.2, 0.25) is 0 Å². The van der Waals surface area contributed by atoms with Crippen molar-refractivity contribution >= 4 is 11.3 Å². The Morgan fingerprint density at radius 2 is 2.06 bits per heavy atom. The Morgan fingerprint density at radius 1 is 1.25 bits per heavy atom. The van der Waals surface area contributed by atoms with Crippen LogP contribution in [0.25, 0.3) is 0 Å².